The van der Waals surface area contributed by atoms with Gasteiger partial charge in [0.2, 0.25) is 5.89 Å². The Morgan fingerprint density at radius 3 is 2.66 bits per heavy atom. The quantitative estimate of drug-likeness (QED) is 0.414. The van der Waals surface area contributed by atoms with E-state index in [0.29, 0.717) is 29.2 Å². The number of carbonyl (C=O) groups excluding carboxylic acids is 1. The zero-order chi connectivity index (χ0) is 20.6. The van der Waals surface area contributed by atoms with Crippen molar-refractivity contribution in [2.75, 3.05) is 0 Å². The smallest absolute Gasteiger partial charge is 0.281 e. The van der Waals surface area contributed by atoms with Crippen molar-refractivity contribution in [2.24, 2.45) is 0 Å². The Hall–Kier alpha value is -3.57. The van der Waals surface area contributed by atoms with Crippen molar-refractivity contribution in [3.63, 3.8) is 0 Å². The Kier molecular flexibility index (Phi) is 6.66. The predicted octanol–water partition coefficient (Wildman–Crippen LogP) is 2.97. The first-order chi connectivity index (χ1) is 14.1. The van der Waals surface area contributed by atoms with Crippen LogP contribution in [0.2, 0.25) is 0 Å². The molecule has 0 atom stereocenters. The van der Waals surface area contributed by atoms with Crippen molar-refractivity contribution in [2.45, 2.75) is 25.2 Å². The van der Waals surface area contributed by atoms with Crippen LogP contribution in [0, 0.1) is 11.3 Å². The van der Waals surface area contributed by atoms with E-state index in [1.807, 2.05) is 6.92 Å². The third-order valence-corrected chi connectivity index (χ3v) is 4.68. The molecule has 29 heavy (non-hydrogen) atoms. The number of nitrogens with zero attached hydrogens (tertiary/aromatic N) is 3. The second kappa shape index (κ2) is 9.57. The minimum atomic E-state index is -1.35. The van der Waals surface area contributed by atoms with Crippen molar-refractivity contribution in [1.82, 2.24) is 10.2 Å². The molecule has 3 aromatic rings. The maximum atomic E-state index is 11.6. The molecule has 0 saturated heterocycles. The van der Waals surface area contributed by atoms with Crippen molar-refractivity contribution < 1.29 is 19.1 Å². The average molecular weight is 406 g/mol. The van der Waals surface area contributed by atoms with Gasteiger partial charge in [0.1, 0.15) is 12.4 Å². The van der Waals surface area contributed by atoms with Gasteiger partial charge in [-0.1, -0.05) is 37.3 Å². The van der Waals surface area contributed by atoms with Crippen LogP contribution >= 0.6 is 11.8 Å². The molecule has 0 radical (unpaired) electrons. The summed E-state index contributed by atoms with van der Waals surface area (Å²) in [5, 5.41) is 28.2. The predicted molar refractivity (Wildman–Crippen MR) is 104 cm³/mol. The molecule has 0 aliphatic carbocycles. The second-order valence-corrected chi connectivity index (χ2v) is 6.84. The van der Waals surface area contributed by atoms with Gasteiger partial charge in [0.15, 0.2) is 0 Å². The Labute approximate surface area is 171 Å². The normalized spacial score (nSPS) is 11.1. The fourth-order valence-corrected chi connectivity index (χ4v) is 3.03. The SMILES string of the molecule is CCc1nnc(S/C(=C\c2ccccc2OCc2ccc(C#N)cc2)C(=O)[O-])o1. The van der Waals surface area contributed by atoms with E-state index >= 15 is 0 Å². The van der Waals surface area contributed by atoms with Crippen molar-refractivity contribution in [3.05, 3.63) is 76.0 Å². The third kappa shape index (κ3) is 5.46. The van der Waals surface area contributed by atoms with E-state index in [1.165, 1.54) is 6.08 Å². The first-order valence-corrected chi connectivity index (χ1v) is 9.55. The second-order valence-electron chi connectivity index (χ2n) is 5.85. The fourth-order valence-electron chi connectivity index (χ4n) is 2.36. The molecule has 0 unspecified atom stereocenters. The number of benzene rings is 2. The lowest BCUT2D eigenvalue weighted by Gasteiger charge is -2.11. The summed E-state index contributed by atoms with van der Waals surface area (Å²) in [5.41, 5.74) is 2.03. The molecular weight excluding hydrogens is 390 g/mol. The number of para-hydroxylation sites is 1. The first kappa shape index (κ1) is 20.2. The van der Waals surface area contributed by atoms with Crippen LogP contribution in [-0.4, -0.2) is 16.2 Å². The number of carboxylic acids is 1. The zero-order valence-corrected chi connectivity index (χ0v) is 16.3. The van der Waals surface area contributed by atoms with E-state index in [-0.39, 0.29) is 16.7 Å². The maximum Gasteiger partial charge on any atom is 0.281 e. The number of rotatable bonds is 8. The van der Waals surface area contributed by atoms with Gasteiger partial charge in [0.25, 0.3) is 5.22 Å². The highest BCUT2D eigenvalue weighted by atomic mass is 32.2. The highest BCUT2D eigenvalue weighted by Gasteiger charge is 2.11. The highest BCUT2D eigenvalue weighted by Crippen LogP contribution is 2.30. The lowest BCUT2D eigenvalue weighted by molar-refractivity contribution is -0.298. The number of ether oxygens (including phenoxy) is 1. The first-order valence-electron chi connectivity index (χ1n) is 8.73. The van der Waals surface area contributed by atoms with Gasteiger partial charge in [-0.15, -0.1) is 10.2 Å². The summed E-state index contributed by atoms with van der Waals surface area (Å²) in [6.07, 6.45) is 2.01. The number of aryl methyl sites for hydroxylation is 1. The number of carboxylic acid groups (broad SMARTS) is 1. The van der Waals surface area contributed by atoms with Gasteiger partial charge < -0.3 is 19.1 Å². The number of aliphatic carboxylic acids is 1. The molecular formula is C21H16N3O4S-. The summed E-state index contributed by atoms with van der Waals surface area (Å²) >= 11 is 0.828. The zero-order valence-electron chi connectivity index (χ0n) is 15.5. The number of nitriles is 1. The molecule has 0 aliphatic rings. The van der Waals surface area contributed by atoms with Crippen molar-refractivity contribution >= 4 is 23.8 Å². The Morgan fingerprint density at radius 1 is 1.24 bits per heavy atom. The van der Waals surface area contributed by atoms with Crippen molar-refractivity contribution in [1.29, 1.82) is 5.26 Å². The molecule has 0 aliphatic heterocycles. The number of aromatic nitrogens is 2. The summed E-state index contributed by atoms with van der Waals surface area (Å²) < 4.78 is 11.2. The third-order valence-electron chi connectivity index (χ3n) is 3.83. The highest BCUT2D eigenvalue weighted by molar-refractivity contribution is 8.03. The van der Waals surface area contributed by atoms with Crippen LogP contribution in [0.5, 0.6) is 5.75 Å². The van der Waals surface area contributed by atoms with Gasteiger partial charge in [0, 0.05) is 16.9 Å². The molecule has 2 aromatic carbocycles. The topological polar surface area (TPSA) is 112 Å². The summed E-state index contributed by atoms with van der Waals surface area (Å²) in [7, 11) is 0. The number of thioether (sulfide) groups is 1. The molecule has 1 aromatic heterocycles. The lowest BCUT2D eigenvalue weighted by atomic mass is 10.1. The summed E-state index contributed by atoms with van der Waals surface area (Å²) in [4.78, 5) is 11.5. The Balaban J connectivity index is 1.79. The summed E-state index contributed by atoms with van der Waals surface area (Å²) in [6, 6.07) is 16.2. The molecule has 0 spiro atoms. The number of hydrogen-bond donors (Lipinski definition) is 0. The minimum Gasteiger partial charge on any atom is -0.544 e. The van der Waals surface area contributed by atoms with Crippen LogP contribution in [0.3, 0.4) is 0 Å². The lowest BCUT2D eigenvalue weighted by Crippen LogP contribution is -2.23. The van der Waals surface area contributed by atoms with Crippen molar-refractivity contribution in [3.8, 4) is 11.8 Å². The standard InChI is InChI=1S/C21H17N3O4S/c1-2-19-23-24-21(28-19)29-18(20(25)26)11-16-5-3-4-6-17(16)27-13-15-9-7-14(12-22)8-10-15/h3-11H,2,13H2,1H3,(H,25,26)/p-1/b18-11-. The number of carbonyl (C=O) groups is 1. The molecule has 1 heterocycles. The fraction of sp³-hybridized carbons (Fsp3) is 0.143. The average Bonchev–Trinajstić information content (AvgIpc) is 3.20. The van der Waals surface area contributed by atoms with Gasteiger partial charge in [-0.05, 0) is 41.6 Å². The molecule has 7 nitrogen and oxygen atoms in total. The summed E-state index contributed by atoms with van der Waals surface area (Å²) in [6.45, 7) is 2.13. The summed E-state index contributed by atoms with van der Waals surface area (Å²) in [5.74, 6) is -0.416. The molecule has 0 N–H and O–H groups in total. The van der Waals surface area contributed by atoms with Gasteiger partial charge >= 0.3 is 0 Å². The molecule has 0 fully saturated rings. The van der Waals surface area contributed by atoms with Gasteiger partial charge in [0.05, 0.1) is 17.6 Å². The van der Waals surface area contributed by atoms with Gasteiger partial charge in [-0.2, -0.15) is 5.26 Å². The van der Waals surface area contributed by atoms with Gasteiger partial charge in [-0.3, -0.25) is 0 Å². The molecule has 8 heteroatoms. The Bertz CT molecular complexity index is 1070. The molecule has 0 bridgehead atoms. The molecule has 0 amide bonds. The van der Waals surface area contributed by atoms with E-state index in [1.54, 1.807) is 48.5 Å². The monoisotopic (exact) mass is 406 g/mol. The number of hydrogen-bond acceptors (Lipinski definition) is 8. The van der Waals surface area contributed by atoms with Crippen LogP contribution in [0.25, 0.3) is 6.08 Å². The van der Waals surface area contributed by atoms with Crippen LogP contribution in [0.4, 0.5) is 0 Å². The largest absolute Gasteiger partial charge is 0.544 e. The molecule has 146 valence electrons. The minimum absolute atomic E-state index is 0.0780. The van der Waals surface area contributed by atoms with Gasteiger partial charge in [-0.25, -0.2) is 0 Å². The molecule has 0 saturated carbocycles. The van der Waals surface area contributed by atoms with E-state index < -0.39 is 5.97 Å². The Morgan fingerprint density at radius 2 is 2.00 bits per heavy atom. The maximum absolute atomic E-state index is 11.6. The van der Waals surface area contributed by atoms with Crippen LogP contribution < -0.4 is 9.84 Å². The van der Waals surface area contributed by atoms with E-state index in [9.17, 15) is 9.90 Å². The molecule has 3 rings (SSSR count). The van der Waals surface area contributed by atoms with Crippen LogP contribution in [-0.2, 0) is 17.8 Å². The van der Waals surface area contributed by atoms with Crippen LogP contribution in [0.1, 0.15) is 29.5 Å². The van der Waals surface area contributed by atoms with E-state index in [4.69, 9.17) is 14.4 Å². The van der Waals surface area contributed by atoms with E-state index in [2.05, 4.69) is 16.3 Å². The van der Waals surface area contributed by atoms with E-state index in [0.717, 1.165) is 17.3 Å². The van der Waals surface area contributed by atoms with Crippen LogP contribution in [0.15, 0.2) is 63.1 Å².